The van der Waals surface area contributed by atoms with E-state index < -0.39 is 16.1 Å². The highest BCUT2D eigenvalue weighted by Gasteiger charge is 2.28. The van der Waals surface area contributed by atoms with Crippen LogP contribution in [0.3, 0.4) is 0 Å². The van der Waals surface area contributed by atoms with E-state index in [1.807, 2.05) is 30.3 Å². The van der Waals surface area contributed by atoms with E-state index in [9.17, 15) is 13.2 Å². The van der Waals surface area contributed by atoms with E-state index in [4.69, 9.17) is 21.1 Å². The van der Waals surface area contributed by atoms with Crippen molar-refractivity contribution in [2.24, 2.45) is 0 Å². The molecular formula is C23H30ClN3O5S. The van der Waals surface area contributed by atoms with Gasteiger partial charge in [-0.15, -0.1) is 0 Å². The first-order chi connectivity index (χ1) is 15.9. The summed E-state index contributed by atoms with van der Waals surface area (Å²) in [7, 11) is -2.70. The van der Waals surface area contributed by atoms with E-state index in [0.717, 1.165) is 44.8 Å². The number of sulfonamides is 1. The molecule has 1 unspecified atom stereocenters. The normalized spacial score (nSPS) is 15.7. The first-order valence-corrected chi connectivity index (χ1v) is 12.7. The van der Waals surface area contributed by atoms with Crippen LogP contribution in [-0.2, 0) is 26.0 Å². The average molecular weight is 496 g/mol. The second-order valence-corrected chi connectivity index (χ2v) is 9.88. The summed E-state index contributed by atoms with van der Waals surface area (Å²) >= 11 is 6.02. The van der Waals surface area contributed by atoms with Crippen molar-refractivity contribution in [3.05, 3.63) is 59.1 Å². The standard InChI is InChI=1S/C23H30ClN3O5S/c1-31-21-9-8-19(24)17-22(21)33(29,30)26-20(16-18-6-3-2-4-7-18)23(28)25-10-5-11-27-12-14-32-15-13-27/h2-4,6-9,17,20,26H,5,10-16H2,1H3,(H,25,28). The largest absolute Gasteiger partial charge is 0.495 e. The predicted molar refractivity (Wildman–Crippen MR) is 127 cm³/mol. The summed E-state index contributed by atoms with van der Waals surface area (Å²) in [5, 5.41) is 3.13. The number of methoxy groups -OCH3 is 1. The van der Waals surface area contributed by atoms with Gasteiger partial charge in [0.15, 0.2) is 0 Å². The fraction of sp³-hybridized carbons (Fsp3) is 0.435. The summed E-state index contributed by atoms with van der Waals surface area (Å²) < 4.78 is 39.4. The molecular weight excluding hydrogens is 466 g/mol. The van der Waals surface area contributed by atoms with E-state index >= 15 is 0 Å². The third-order valence-corrected chi connectivity index (χ3v) is 7.09. The van der Waals surface area contributed by atoms with Crippen LogP contribution in [0.15, 0.2) is 53.4 Å². The number of carbonyl (C=O) groups is 1. The SMILES string of the molecule is COc1ccc(Cl)cc1S(=O)(=O)NC(Cc1ccccc1)C(=O)NCCCN1CCOCC1. The molecule has 10 heteroatoms. The molecule has 2 N–H and O–H groups in total. The number of nitrogens with one attached hydrogen (secondary N) is 2. The number of hydrogen-bond donors (Lipinski definition) is 2. The molecule has 1 saturated heterocycles. The van der Waals surface area contributed by atoms with Gasteiger partial charge in [0.1, 0.15) is 16.7 Å². The second kappa shape index (κ2) is 12.3. The molecule has 1 atom stereocenters. The summed E-state index contributed by atoms with van der Waals surface area (Å²) in [6.45, 7) is 4.50. The van der Waals surface area contributed by atoms with E-state index in [-0.39, 0.29) is 28.0 Å². The fourth-order valence-corrected chi connectivity index (χ4v) is 5.24. The molecule has 33 heavy (non-hydrogen) atoms. The molecule has 0 radical (unpaired) electrons. The number of nitrogens with zero attached hydrogens (tertiary/aromatic N) is 1. The molecule has 8 nitrogen and oxygen atoms in total. The van der Waals surface area contributed by atoms with Crippen LogP contribution in [-0.4, -0.2) is 71.8 Å². The lowest BCUT2D eigenvalue weighted by Gasteiger charge is -2.26. The molecule has 1 aliphatic heterocycles. The number of morpholine rings is 1. The third-order valence-electron chi connectivity index (χ3n) is 5.37. The van der Waals surface area contributed by atoms with Gasteiger partial charge in [-0.05, 0) is 43.1 Å². The van der Waals surface area contributed by atoms with Crippen molar-refractivity contribution in [3.8, 4) is 5.75 Å². The lowest BCUT2D eigenvalue weighted by molar-refractivity contribution is -0.122. The Morgan fingerprint density at radius 1 is 1.18 bits per heavy atom. The van der Waals surface area contributed by atoms with E-state index in [0.29, 0.717) is 6.54 Å². The van der Waals surface area contributed by atoms with Gasteiger partial charge in [-0.1, -0.05) is 41.9 Å². The minimum absolute atomic E-state index is 0.115. The number of benzene rings is 2. The molecule has 0 saturated carbocycles. The maximum Gasteiger partial charge on any atom is 0.245 e. The summed E-state index contributed by atoms with van der Waals surface area (Å²) in [6, 6.07) is 12.6. The minimum Gasteiger partial charge on any atom is -0.495 e. The topological polar surface area (TPSA) is 97.0 Å². The van der Waals surface area contributed by atoms with Gasteiger partial charge in [0.05, 0.1) is 20.3 Å². The first kappa shape index (κ1) is 25.5. The van der Waals surface area contributed by atoms with Crippen LogP contribution in [0.25, 0.3) is 0 Å². The molecule has 2 aromatic rings. The Morgan fingerprint density at radius 2 is 1.91 bits per heavy atom. The van der Waals surface area contributed by atoms with Crippen molar-refractivity contribution in [3.63, 3.8) is 0 Å². The van der Waals surface area contributed by atoms with E-state index in [2.05, 4.69) is 14.9 Å². The van der Waals surface area contributed by atoms with Gasteiger partial charge >= 0.3 is 0 Å². The number of rotatable bonds is 11. The highest BCUT2D eigenvalue weighted by Crippen LogP contribution is 2.27. The number of ether oxygens (including phenoxy) is 2. The van der Waals surface area contributed by atoms with Crippen molar-refractivity contribution in [2.75, 3.05) is 46.5 Å². The Hall–Kier alpha value is -2.17. The van der Waals surface area contributed by atoms with Gasteiger partial charge in [0.2, 0.25) is 15.9 Å². The fourth-order valence-electron chi connectivity index (χ4n) is 3.61. The molecule has 1 fully saturated rings. The zero-order valence-corrected chi connectivity index (χ0v) is 20.2. The maximum absolute atomic E-state index is 13.2. The van der Waals surface area contributed by atoms with Crippen LogP contribution >= 0.6 is 11.6 Å². The van der Waals surface area contributed by atoms with Gasteiger partial charge in [-0.3, -0.25) is 9.69 Å². The van der Waals surface area contributed by atoms with Crippen molar-refractivity contribution in [1.29, 1.82) is 0 Å². The van der Waals surface area contributed by atoms with Crippen LogP contribution in [0, 0.1) is 0 Å². The number of hydrogen-bond acceptors (Lipinski definition) is 6. The zero-order chi connectivity index (χ0) is 23.7. The van der Waals surface area contributed by atoms with Crippen molar-refractivity contribution in [2.45, 2.75) is 23.8 Å². The Bertz CT molecular complexity index is 1010. The molecule has 1 aliphatic rings. The van der Waals surface area contributed by atoms with Gasteiger partial charge < -0.3 is 14.8 Å². The molecule has 0 aromatic heterocycles. The highest BCUT2D eigenvalue weighted by atomic mass is 35.5. The van der Waals surface area contributed by atoms with Crippen LogP contribution in [0.2, 0.25) is 5.02 Å². The minimum atomic E-state index is -4.08. The van der Waals surface area contributed by atoms with Crippen molar-refractivity contribution in [1.82, 2.24) is 14.9 Å². The Kier molecular flexibility index (Phi) is 9.52. The quantitative estimate of drug-likeness (QED) is 0.463. The lowest BCUT2D eigenvalue weighted by Crippen LogP contribution is -2.48. The van der Waals surface area contributed by atoms with E-state index in [1.165, 1.54) is 19.2 Å². The summed E-state index contributed by atoms with van der Waals surface area (Å²) in [4.78, 5) is 15.2. The third kappa shape index (κ3) is 7.68. The first-order valence-electron chi connectivity index (χ1n) is 10.9. The monoisotopic (exact) mass is 495 g/mol. The number of carbonyl (C=O) groups excluding carboxylic acids is 1. The zero-order valence-electron chi connectivity index (χ0n) is 18.6. The molecule has 180 valence electrons. The van der Waals surface area contributed by atoms with Crippen LogP contribution in [0.1, 0.15) is 12.0 Å². The smallest absolute Gasteiger partial charge is 0.245 e. The maximum atomic E-state index is 13.2. The Morgan fingerprint density at radius 3 is 2.61 bits per heavy atom. The summed E-state index contributed by atoms with van der Waals surface area (Å²) in [5.74, 6) is -0.235. The second-order valence-electron chi connectivity index (χ2n) is 7.76. The predicted octanol–water partition coefficient (Wildman–Crippen LogP) is 2.08. The summed E-state index contributed by atoms with van der Waals surface area (Å²) in [5.41, 5.74) is 0.840. The van der Waals surface area contributed by atoms with Crippen molar-refractivity contribution >= 4 is 27.5 Å². The van der Waals surface area contributed by atoms with Gasteiger partial charge in [-0.25, -0.2) is 8.42 Å². The number of halogens is 1. The van der Waals surface area contributed by atoms with Crippen LogP contribution < -0.4 is 14.8 Å². The van der Waals surface area contributed by atoms with Gasteiger partial charge in [0, 0.05) is 24.7 Å². The highest BCUT2D eigenvalue weighted by molar-refractivity contribution is 7.89. The molecule has 0 aliphatic carbocycles. The Labute approximate surface area is 200 Å². The summed E-state index contributed by atoms with van der Waals surface area (Å²) in [6.07, 6.45) is 0.969. The number of amides is 1. The van der Waals surface area contributed by atoms with Gasteiger partial charge in [-0.2, -0.15) is 4.72 Å². The lowest BCUT2D eigenvalue weighted by atomic mass is 10.1. The van der Waals surface area contributed by atoms with E-state index in [1.54, 1.807) is 6.07 Å². The Balaban J connectivity index is 1.69. The molecule has 0 spiro atoms. The molecule has 2 aromatic carbocycles. The molecule has 3 rings (SSSR count). The molecule has 0 bridgehead atoms. The van der Waals surface area contributed by atoms with Crippen LogP contribution in [0.5, 0.6) is 5.75 Å². The van der Waals surface area contributed by atoms with Crippen LogP contribution in [0.4, 0.5) is 0 Å². The molecule has 1 heterocycles. The average Bonchev–Trinajstić information content (AvgIpc) is 2.82. The van der Waals surface area contributed by atoms with Crippen molar-refractivity contribution < 1.29 is 22.7 Å². The van der Waals surface area contributed by atoms with Gasteiger partial charge in [0.25, 0.3) is 0 Å². The molecule has 1 amide bonds.